The Hall–Kier alpha value is -1.76. The van der Waals surface area contributed by atoms with E-state index in [1.807, 2.05) is 0 Å². The number of benzene rings is 1. The lowest BCUT2D eigenvalue weighted by Crippen LogP contribution is -2.31. The van der Waals surface area contributed by atoms with Crippen molar-refractivity contribution in [3.05, 3.63) is 29.8 Å². The van der Waals surface area contributed by atoms with Crippen molar-refractivity contribution in [3.63, 3.8) is 0 Å². The molecule has 1 fully saturated rings. The van der Waals surface area contributed by atoms with Crippen LogP contribution in [0.4, 0.5) is 13.2 Å². The monoisotopic (exact) mass is 318 g/mol. The van der Waals surface area contributed by atoms with Gasteiger partial charge in [0.2, 0.25) is 0 Å². The molecule has 1 saturated heterocycles. The minimum atomic E-state index is -4.43. The average Bonchev–Trinajstić information content (AvgIpc) is 3.00. The van der Waals surface area contributed by atoms with Crippen LogP contribution >= 0.6 is 0 Å². The number of alkyl halides is 3. The van der Waals surface area contributed by atoms with Gasteiger partial charge in [0.05, 0.1) is 25.2 Å². The molecule has 2 unspecified atom stereocenters. The molecule has 0 aliphatic carbocycles. The van der Waals surface area contributed by atoms with E-state index in [4.69, 9.17) is 14.2 Å². The Morgan fingerprint density at radius 3 is 2.82 bits per heavy atom. The van der Waals surface area contributed by atoms with Gasteiger partial charge in [0.25, 0.3) is 0 Å². The van der Waals surface area contributed by atoms with Crippen molar-refractivity contribution in [1.82, 2.24) is 0 Å². The maximum absolute atomic E-state index is 12.6. The van der Waals surface area contributed by atoms with E-state index in [0.29, 0.717) is 19.6 Å². The second-order valence-corrected chi connectivity index (χ2v) is 5.09. The van der Waals surface area contributed by atoms with Crippen molar-refractivity contribution in [2.24, 2.45) is 11.8 Å². The molecular weight excluding hydrogens is 301 g/mol. The molecule has 4 nitrogen and oxygen atoms in total. The molecule has 0 aromatic heterocycles. The first-order chi connectivity index (χ1) is 10.4. The van der Waals surface area contributed by atoms with Crippen molar-refractivity contribution in [3.8, 4) is 5.75 Å². The lowest BCUT2D eigenvalue weighted by atomic mass is 9.92. The third kappa shape index (κ3) is 4.13. The van der Waals surface area contributed by atoms with Crippen molar-refractivity contribution < 1.29 is 32.2 Å². The van der Waals surface area contributed by atoms with Crippen LogP contribution in [-0.2, 0) is 20.4 Å². The summed E-state index contributed by atoms with van der Waals surface area (Å²) in [6, 6.07) is 4.58. The fourth-order valence-electron chi connectivity index (χ4n) is 2.37. The fourth-order valence-corrected chi connectivity index (χ4v) is 2.37. The van der Waals surface area contributed by atoms with Gasteiger partial charge in [-0.05, 0) is 24.6 Å². The van der Waals surface area contributed by atoms with Gasteiger partial charge in [0, 0.05) is 12.5 Å². The van der Waals surface area contributed by atoms with Crippen molar-refractivity contribution in [2.75, 3.05) is 26.9 Å². The van der Waals surface area contributed by atoms with Crippen molar-refractivity contribution >= 4 is 5.97 Å². The standard InChI is InChI=1S/C15H17F3O4/c1-20-14(19)13(10-5-6-21-8-10)9-22-12-4-2-3-11(7-12)15(16,17)18/h2-4,7,10,13H,5-6,8-9H2,1H3. The number of hydrogen-bond acceptors (Lipinski definition) is 4. The van der Waals surface area contributed by atoms with Gasteiger partial charge in [0.15, 0.2) is 0 Å². The Bertz CT molecular complexity index is 510. The molecule has 7 heteroatoms. The number of carbonyl (C=O) groups excluding carboxylic acids is 1. The topological polar surface area (TPSA) is 44.8 Å². The van der Waals surface area contributed by atoms with Gasteiger partial charge in [-0.2, -0.15) is 13.2 Å². The molecule has 0 radical (unpaired) electrons. The Morgan fingerprint density at radius 1 is 1.45 bits per heavy atom. The average molecular weight is 318 g/mol. The van der Waals surface area contributed by atoms with Crippen LogP contribution in [0.15, 0.2) is 24.3 Å². The van der Waals surface area contributed by atoms with Crippen LogP contribution in [0.25, 0.3) is 0 Å². The number of halogens is 3. The van der Waals surface area contributed by atoms with E-state index in [1.165, 1.54) is 19.2 Å². The van der Waals surface area contributed by atoms with Crippen molar-refractivity contribution in [2.45, 2.75) is 12.6 Å². The van der Waals surface area contributed by atoms with Crippen LogP contribution in [0.5, 0.6) is 5.75 Å². The van der Waals surface area contributed by atoms with Gasteiger partial charge in [-0.25, -0.2) is 0 Å². The number of carbonyl (C=O) groups is 1. The maximum Gasteiger partial charge on any atom is 0.416 e. The summed E-state index contributed by atoms with van der Waals surface area (Å²) in [6.45, 7) is 0.940. The van der Waals surface area contributed by atoms with Gasteiger partial charge in [-0.3, -0.25) is 4.79 Å². The summed E-state index contributed by atoms with van der Waals surface area (Å²) in [5.41, 5.74) is -0.788. The van der Waals surface area contributed by atoms with E-state index < -0.39 is 23.6 Å². The van der Waals surface area contributed by atoms with E-state index in [0.717, 1.165) is 12.1 Å². The Labute approximate surface area is 126 Å². The molecular formula is C15H17F3O4. The summed E-state index contributed by atoms with van der Waals surface area (Å²) in [5.74, 6) is -0.967. The number of hydrogen-bond donors (Lipinski definition) is 0. The number of esters is 1. The Kier molecular flexibility index (Phi) is 5.28. The second kappa shape index (κ2) is 7.00. The largest absolute Gasteiger partial charge is 0.493 e. The molecule has 2 atom stereocenters. The van der Waals surface area contributed by atoms with Gasteiger partial charge in [0.1, 0.15) is 12.4 Å². The molecule has 22 heavy (non-hydrogen) atoms. The van der Waals surface area contributed by atoms with Gasteiger partial charge < -0.3 is 14.2 Å². The predicted octanol–water partition coefficient (Wildman–Crippen LogP) is 2.91. The van der Waals surface area contributed by atoms with Crippen LogP contribution in [0, 0.1) is 11.8 Å². The molecule has 0 saturated carbocycles. The SMILES string of the molecule is COC(=O)C(COc1cccc(C(F)(F)F)c1)C1CCOC1. The molecule has 2 rings (SSSR count). The normalized spacial score (nSPS) is 19.7. The Morgan fingerprint density at radius 2 is 2.23 bits per heavy atom. The molecule has 0 N–H and O–H groups in total. The summed E-state index contributed by atoms with van der Waals surface area (Å²) in [4.78, 5) is 11.8. The minimum Gasteiger partial charge on any atom is -0.493 e. The molecule has 1 heterocycles. The van der Waals surface area contributed by atoms with E-state index in [2.05, 4.69) is 0 Å². The second-order valence-electron chi connectivity index (χ2n) is 5.09. The van der Waals surface area contributed by atoms with Crippen LogP contribution in [-0.4, -0.2) is 32.9 Å². The van der Waals surface area contributed by atoms with E-state index in [9.17, 15) is 18.0 Å². The molecule has 122 valence electrons. The number of methoxy groups -OCH3 is 1. The van der Waals surface area contributed by atoms with Crippen LogP contribution in [0.2, 0.25) is 0 Å². The molecule has 0 amide bonds. The molecule has 1 aromatic carbocycles. The van der Waals surface area contributed by atoms with Crippen LogP contribution in [0.3, 0.4) is 0 Å². The molecule has 0 spiro atoms. The summed E-state index contributed by atoms with van der Waals surface area (Å²) in [5, 5.41) is 0. The van der Waals surface area contributed by atoms with E-state index in [-0.39, 0.29) is 18.3 Å². The first kappa shape index (κ1) is 16.6. The maximum atomic E-state index is 12.6. The smallest absolute Gasteiger partial charge is 0.416 e. The fraction of sp³-hybridized carbons (Fsp3) is 0.533. The highest BCUT2D eigenvalue weighted by Gasteiger charge is 2.33. The first-order valence-electron chi connectivity index (χ1n) is 6.87. The zero-order chi connectivity index (χ0) is 16.2. The lowest BCUT2D eigenvalue weighted by molar-refractivity contribution is -0.148. The zero-order valence-electron chi connectivity index (χ0n) is 12.1. The summed E-state index contributed by atoms with van der Waals surface area (Å²) < 4.78 is 53.3. The molecule has 1 aliphatic heterocycles. The summed E-state index contributed by atoms with van der Waals surface area (Å²) in [7, 11) is 1.27. The molecule has 1 aromatic rings. The lowest BCUT2D eigenvalue weighted by Gasteiger charge is -2.20. The van der Waals surface area contributed by atoms with Crippen molar-refractivity contribution in [1.29, 1.82) is 0 Å². The van der Waals surface area contributed by atoms with Gasteiger partial charge in [-0.15, -0.1) is 0 Å². The summed E-state index contributed by atoms with van der Waals surface area (Å²) in [6.07, 6.45) is -3.73. The van der Waals surface area contributed by atoms with Gasteiger partial charge in [-0.1, -0.05) is 6.07 Å². The number of rotatable bonds is 5. The van der Waals surface area contributed by atoms with E-state index in [1.54, 1.807) is 0 Å². The zero-order valence-corrected chi connectivity index (χ0v) is 12.1. The van der Waals surface area contributed by atoms with Crippen LogP contribution < -0.4 is 4.74 Å². The summed E-state index contributed by atoms with van der Waals surface area (Å²) >= 11 is 0. The van der Waals surface area contributed by atoms with E-state index >= 15 is 0 Å². The highest BCUT2D eigenvalue weighted by molar-refractivity contribution is 5.72. The quantitative estimate of drug-likeness (QED) is 0.783. The predicted molar refractivity (Wildman–Crippen MR) is 71.4 cm³/mol. The Balaban J connectivity index is 2.04. The molecule has 0 bridgehead atoms. The highest BCUT2D eigenvalue weighted by Crippen LogP contribution is 2.32. The highest BCUT2D eigenvalue weighted by atomic mass is 19.4. The molecule has 1 aliphatic rings. The van der Waals surface area contributed by atoms with Crippen LogP contribution in [0.1, 0.15) is 12.0 Å². The third-order valence-electron chi connectivity index (χ3n) is 3.63. The first-order valence-corrected chi connectivity index (χ1v) is 6.87. The number of ether oxygens (including phenoxy) is 3. The third-order valence-corrected chi connectivity index (χ3v) is 3.63. The van der Waals surface area contributed by atoms with Gasteiger partial charge >= 0.3 is 12.1 Å². The minimum absolute atomic E-state index is 0.0397.